The molecule has 0 spiro atoms. The smallest absolute Gasteiger partial charge is 0.329 e. The van der Waals surface area contributed by atoms with Crippen LogP contribution in [0.5, 0.6) is 0 Å². The Hall–Kier alpha value is -1.02. The number of halogens is 3. The van der Waals surface area contributed by atoms with Gasteiger partial charge in [0.2, 0.25) is 0 Å². The van der Waals surface area contributed by atoms with Gasteiger partial charge in [0.1, 0.15) is 6.54 Å². The predicted octanol–water partition coefficient (Wildman–Crippen LogP) is 0.0953. The molecule has 18 heavy (non-hydrogen) atoms. The van der Waals surface area contributed by atoms with Crippen molar-refractivity contribution in [1.82, 2.24) is 20.4 Å². The molecule has 0 saturated carbocycles. The van der Waals surface area contributed by atoms with Crippen LogP contribution < -0.4 is 10.6 Å². The number of alkyl halides is 3. The first-order chi connectivity index (χ1) is 8.38. The number of piperazine rings is 1. The van der Waals surface area contributed by atoms with E-state index in [1.165, 1.54) is 11.9 Å². The van der Waals surface area contributed by atoms with Crippen LogP contribution in [0.4, 0.5) is 18.0 Å². The Kier molecular flexibility index (Phi) is 5.67. The molecule has 0 unspecified atom stereocenters. The van der Waals surface area contributed by atoms with Crippen LogP contribution in [0.25, 0.3) is 0 Å². The summed E-state index contributed by atoms with van der Waals surface area (Å²) in [6, 6.07) is -0.692. The summed E-state index contributed by atoms with van der Waals surface area (Å²) in [6.07, 6.45) is -4.37. The van der Waals surface area contributed by atoms with Crippen molar-refractivity contribution in [3.05, 3.63) is 0 Å². The van der Waals surface area contributed by atoms with Crippen molar-refractivity contribution in [2.24, 2.45) is 0 Å². The van der Waals surface area contributed by atoms with Gasteiger partial charge >= 0.3 is 12.2 Å². The quantitative estimate of drug-likeness (QED) is 0.760. The van der Waals surface area contributed by atoms with Gasteiger partial charge in [-0.3, -0.25) is 4.90 Å². The highest BCUT2D eigenvalue weighted by atomic mass is 19.4. The van der Waals surface area contributed by atoms with Crippen LogP contribution in [0.15, 0.2) is 0 Å². The fourth-order valence-corrected chi connectivity index (χ4v) is 1.64. The number of nitrogens with zero attached hydrogens (tertiary/aromatic N) is 2. The Labute approximate surface area is 104 Å². The van der Waals surface area contributed by atoms with Crippen molar-refractivity contribution in [1.29, 1.82) is 0 Å². The number of carbonyl (C=O) groups excluding carboxylic acids is 1. The summed E-state index contributed by atoms with van der Waals surface area (Å²) in [4.78, 5) is 14.8. The van der Waals surface area contributed by atoms with Crippen LogP contribution in [-0.2, 0) is 0 Å². The molecule has 0 aromatic rings. The molecule has 2 N–H and O–H groups in total. The number of carbonyl (C=O) groups is 1. The minimum atomic E-state index is -4.37. The molecule has 1 aliphatic heterocycles. The minimum Gasteiger partial charge on any atom is -0.329 e. The van der Waals surface area contributed by atoms with Gasteiger partial charge in [-0.2, -0.15) is 13.2 Å². The number of rotatable bonds is 4. The minimum absolute atomic E-state index is 0.420. The van der Waals surface area contributed by atoms with E-state index in [4.69, 9.17) is 0 Å². The third-order valence-electron chi connectivity index (χ3n) is 2.75. The molecule has 1 aliphatic rings. The summed E-state index contributed by atoms with van der Waals surface area (Å²) in [5.74, 6) is 0. The number of likely N-dealkylation sites (N-methyl/N-ethyl adjacent to an activating group) is 1. The lowest BCUT2D eigenvalue weighted by atomic mass is 10.3. The lowest BCUT2D eigenvalue weighted by Gasteiger charge is -2.29. The number of nitrogens with one attached hydrogen (secondary N) is 2. The highest BCUT2D eigenvalue weighted by Gasteiger charge is 2.28. The zero-order chi connectivity index (χ0) is 13.6. The molecule has 8 heteroatoms. The van der Waals surface area contributed by atoms with E-state index in [0.717, 1.165) is 26.2 Å². The van der Waals surface area contributed by atoms with E-state index in [2.05, 4.69) is 10.2 Å². The molecule has 0 aromatic carbocycles. The molecule has 0 bridgehead atoms. The Balaban J connectivity index is 2.18. The summed E-state index contributed by atoms with van der Waals surface area (Å²) < 4.78 is 35.7. The van der Waals surface area contributed by atoms with Crippen LogP contribution in [-0.4, -0.2) is 74.9 Å². The van der Waals surface area contributed by atoms with Crippen LogP contribution in [0, 0.1) is 0 Å². The first kappa shape index (κ1) is 15.0. The number of amides is 2. The third kappa shape index (κ3) is 6.06. The zero-order valence-corrected chi connectivity index (χ0v) is 10.4. The molecule has 1 fully saturated rings. The number of hydrogen-bond donors (Lipinski definition) is 2. The average molecular weight is 268 g/mol. The maximum absolute atomic E-state index is 11.9. The second-order valence-electron chi connectivity index (χ2n) is 4.29. The highest BCUT2D eigenvalue weighted by molar-refractivity contribution is 5.73. The Bertz CT molecular complexity index is 266. The first-order valence-electron chi connectivity index (χ1n) is 5.87. The van der Waals surface area contributed by atoms with E-state index in [1.54, 1.807) is 0 Å². The summed E-state index contributed by atoms with van der Waals surface area (Å²) in [6.45, 7) is 3.43. The third-order valence-corrected chi connectivity index (χ3v) is 2.75. The topological polar surface area (TPSA) is 47.6 Å². The van der Waals surface area contributed by atoms with Crippen molar-refractivity contribution in [3.63, 3.8) is 0 Å². The molecule has 1 rings (SSSR count). The maximum atomic E-state index is 11.9. The van der Waals surface area contributed by atoms with Crippen molar-refractivity contribution in [2.75, 3.05) is 52.9 Å². The SMILES string of the molecule is CN(CCN1CCNCC1)C(=O)NCC(F)(F)F. The van der Waals surface area contributed by atoms with Gasteiger partial charge in [0.25, 0.3) is 0 Å². The average Bonchev–Trinajstić information content (AvgIpc) is 2.33. The van der Waals surface area contributed by atoms with Gasteiger partial charge in [-0.05, 0) is 0 Å². The monoisotopic (exact) mass is 268 g/mol. The largest absolute Gasteiger partial charge is 0.405 e. The van der Waals surface area contributed by atoms with Crippen molar-refractivity contribution in [2.45, 2.75) is 6.18 Å². The molecule has 5 nitrogen and oxygen atoms in total. The van der Waals surface area contributed by atoms with Gasteiger partial charge in [0.15, 0.2) is 0 Å². The molecule has 0 aliphatic carbocycles. The van der Waals surface area contributed by atoms with E-state index in [1.807, 2.05) is 5.32 Å². The number of hydrogen-bond acceptors (Lipinski definition) is 3. The molecular formula is C10H19F3N4O. The summed E-state index contributed by atoms with van der Waals surface area (Å²) in [5.41, 5.74) is 0. The van der Waals surface area contributed by atoms with E-state index in [9.17, 15) is 18.0 Å². The zero-order valence-electron chi connectivity index (χ0n) is 10.4. The summed E-state index contributed by atoms with van der Waals surface area (Å²) >= 11 is 0. The predicted molar refractivity (Wildman–Crippen MR) is 61.4 cm³/mol. The molecule has 0 aromatic heterocycles. The van der Waals surface area contributed by atoms with Gasteiger partial charge in [-0.25, -0.2) is 4.79 Å². The van der Waals surface area contributed by atoms with Crippen LogP contribution in [0.3, 0.4) is 0 Å². The number of urea groups is 1. The van der Waals surface area contributed by atoms with E-state index in [-0.39, 0.29) is 0 Å². The van der Waals surface area contributed by atoms with Gasteiger partial charge < -0.3 is 15.5 Å². The highest BCUT2D eigenvalue weighted by Crippen LogP contribution is 2.12. The standard InChI is InChI=1S/C10H19F3N4O/c1-16(9(18)15-8-10(11,12)13)6-7-17-4-2-14-3-5-17/h14H,2-8H2,1H3,(H,15,18). The van der Waals surface area contributed by atoms with E-state index < -0.39 is 18.8 Å². The maximum Gasteiger partial charge on any atom is 0.405 e. The molecule has 1 heterocycles. The van der Waals surface area contributed by atoms with Gasteiger partial charge in [-0.1, -0.05) is 0 Å². The van der Waals surface area contributed by atoms with Crippen molar-refractivity contribution < 1.29 is 18.0 Å². The fourth-order valence-electron chi connectivity index (χ4n) is 1.64. The molecule has 0 atom stereocenters. The molecule has 1 saturated heterocycles. The Morgan fingerprint density at radius 2 is 2.00 bits per heavy atom. The van der Waals surface area contributed by atoms with Crippen LogP contribution in [0.1, 0.15) is 0 Å². The summed E-state index contributed by atoms with van der Waals surface area (Å²) in [7, 11) is 1.49. The molecular weight excluding hydrogens is 249 g/mol. The molecule has 0 radical (unpaired) electrons. The van der Waals surface area contributed by atoms with Crippen molar-refractivity contribution >= 4 is 6.03 Å². The molecule has 106 valence electrons. The van der Waals surface area contributed by atoms with Gasteiger partial charge in [0, 0.05) is 46.3 Å². The lowest BCUT2D eigenvalue weighted by Crippen LogP contribution is -2.48. The van der Waals surface area contributed by atoms with Crippen LogP contribution >= 0.6 is 0 Å². The van der Waals surface area contributed by atoms with Gasteiger partial charge in [0.05, 0.1) is 0 Å². The Morgan fingerprint density at radius 1 is 1.39 bits per heavy atom. The molecule has 2 amide bonds. The second-order valence-corrected chi connectivity index (χ2v) is 4.29. The second kappa shape index (κ2) is 6.79. The van der Waals surface area contributed by atoms with Crippen molar-refractivity contribution in [3.8, 4) is 0 Å². The van der Waals surface area contributed by atoms with E-state index >= 15 is 0 Å². The Morgan fingerprint density at radius 3 is 2.56 bits per heavy atom. The normalized spacial score (nSPS) is 17.6. The van der Waals surface area contributed by atoms with Gasteiger partial charge in [-0.15, -0.1) is 0 Å². The van der Waals surface area contributed by atoms with Crippen LogP contribution in [0.2, 0.25) is 0 Å². The summed E-state index contributed by atoms with van der Waals surface area (Å²) in [5, 5.41) is 5.04. The first-order valence-corrected chi connectivity index (χ1v) is 5.87. The fraction of sp³-hybridized carbons (Fsp3) is 0.900. The lowest BCUT2D eigenvalue weighted by molar-refractivity contribution is -0.123. The van der Waals surface area contributed by atoms with E-state index in [0.29, 0.717) is 13.1 Å².